The summed E-state index contributed by atoms with van der Waals surface area (Å²) in [5, 5.41) is 17.7. The lowest BCUT2D eigenvalue weighted by Gasteiger charge is -2.18. The van der Waals surface area contributed by atoms with Gasteiger partial charge in [-0.15, -0.1) is 11.8 Å². The van der Waals surface area contributed by atoms with E-state index in [1.807, 2.05) is 6.07 Å². The molecular weight excluding hydrogens is 276 g/mol. The van der Waals surface area contributed by atoms with Gasteiger partial charge in [-0.2, -0.15) is 5.26 Å². The summed E-state index contributed by atoms with van der Waals surface area (Å²) in [6.45, 7) is 0. The maximum Gasteiger partial charge on any atom is 0.327 e. The first kappa shape index (κ1) is 14.2. The predicted molar refractivity (Wildman–Crippen MR) is 75.8 cm³/mol. The number of nitrogens with zero attached hydrogens (tertiary/aromatic N) is 2. The van der Waals surface area contributed by atoms with E-state index in [1.165, 1.54) is 22.7 Å². The second-order valence-electron chi connectivity index (χ2n) is 4.23. The number of hydrogen-bond acceptors (Lipinski definition) is 4. The summed E-state index contributed by atoms with van der Waals surface area (Å²) < 4.78 is 0. The van der Waals surface area contributed by atoms with Crippen molar-refractivity contribution in [1.82, 2.24) is 4.90 Å². The molecule has 1 aromatic carbocycles. The van der Waals surface area contributed by atoms with Crippen LogP contribution in [0.15, 0.2) is 30.3 Å². The number of benzene rings is 1. The molecule has 0 bridgehead atoms. The molecule has 1 aromatic rings. The maximum absolute atomic E-state index is 12.0. The molecule has 0 unspecified atom stereocenters. The number of thioether (sulfide) groups is 1. The highest BCUT2D eigenvalue weighted by atomic mass is 32.2. The van der Waals surface area contributed by atoms with Crippen LogP contribution in [0.2, 0.25) is 0 Å². The molecule has 2 rings (SSSR count). The number of carbonyl (C=O) groups is 2. The Morgan fingerprint density at radius 3 is 2.70 bits per heavy atom. The predicted octanol–water partition coefficient (Wildman–Crippen LogP) is 1.56. The molecule has 1 heterocycles. The Labute approximate surface area is 120 Å². The fourth-order valence-electron chi connectivity index (χ4n) is 1.80. The first-order valence-electron chi connectivity index (χ1n) is 5.91. The van der Waals surface area contributed by atoms with Crippen molar-refractivity contribution in [3.63, 3.8) is 0 Å². The largest absolute Gasteiger partial charge is 0.480 e. The van der Waals surface area contributed by atoms with E-state index in [1.54, 1.807) is 30.3 Å². The number of carboxylic acid groups (broad SMARTS) is 1. The lowest BCUT2D eigenvalue weighted by Crippen LogP contribution is -2.40. The van der Waals surface area contributed by atoms with Crippen molar-refractivity contribution in [3.8, 4) is 6.07 Å². The molecule has 1 amide bonds. The normalized spacial score (nSPS) is 18.1. The second-order valence-corrected chi connectivity index (χ2v) is 5.23. The molecular formula is C14H12N2O3S. The van der Waals surface area contributed by atoms with Gasteiger partial charge in [0.2, 0.25) is 5.91 Å². The third kappa shape index (κ3) is 3.19. The zero-order valence-electron chi connectivity index (χ0n) is 10.5. The average molecular weight is 288 g/mol. The van der Waals surface area contributed by atoms with Gasteiger partial charge in [-0.25, -0.2) is 4.79 Å². The first-order chi connectivity index (χ1) is 9.61. The Morgan fingerprint density at radius 1 is 1.40 bits per heavy atom. The van der Waals surface area contributed by atoms with Crippen LogP contribution in [-0.2, 0) is 9.59 Å². The highest BCUT2D eigenvalue weighted by Gasteiger charge is 2.33. The standard InChI is InChI=1S/C14H12N2O3S/c15-7-11-3-1-10(2-4-11)5-6-13(17)16-9-20-8-12(16)14(18)19/h1-6,12H,8-9H2,(H,18,19)/b6-5+/t12-/m0/s1. The Hall–Kier alpha value is -2.26. The van der Waals surface area contributed by atoms with Gasteiger partial charge in [0.25, 0.3) is 0 Å². The zero-order chi connectivity index (χ0) is 14.5. The molecule has 1 N–H and O–H groups in total. The Kier molecular flexibility index (Phi) is 4.43. The van der Waals surface area contributed by atoms with Crippen molar-refractivity contribution in [2.24, 2.45) is 0 Å². The SMILES string of the molecule is N#Cc1ccc(/C=C/C(=O)N2CSC[C@H]2C(=O)O)cc1. The fraction of sp³-hybridized carbons (Fsp3) is 0.214. The summed E-state index contributed by atoms with van der Waals surface area (Å²) in [6, 6.07) is 8.05. The van der Waals surface area contributed by atoms with E-state index in [4.69, 9.17) is 10.4 Å². The highest BCUT2D eigenvalue weighted by Crippen LogP contribution is 2.21. The number of nitriles is 1. The van der Waals surface area contributed by atoms with Crippen LogP contribution < -0.4 is 0 Å². The number of rotatable bonds is 3. The minimum atomic E-state index is -0.977. The summed E-state index contributed by atoms with van der Waals surface area (Å²) in [5.41, 5.74) is 1.34. The molecule has 20 heavy (non-hydrogen) atoms. The fourth-order valence-corrected chi connectivity index (χ4v) is 2.95. The highest BCUT2D eigenvalue weighted by molar-refractivity contribution is 7.99. The minimum Gasteiger partial charge on any atom is -0.480 e. The van der Waals surface area contributed by atoms with Crippen LogP contribution in [0, 0.1) is 11.3 Å². The summed E-state index contributed by atoms with van der Waals surface area (Å²) in [7, 11) is 0. The molecule has 0 saturated carbocycles. The lowest BCUT2D eigenvalue weighted by molar-refractivity contribution is -0.146. The van der Waals surface area contributed by atoms with Gasteiger partial charge in [-0.3, -0.25) is 4.79 Å². The van der Waals surface area contributed by atoms with Crippen LogP contribution in [0.3, 0.4) is 0 Å². The smallest absolute Gasteiger partial charge is 0.327 e. The van der Waals surface area contributed by atoms with Crippen LogP contribution >= 0.6 is 11.8 Å². The number of hydrogen-bond donors (Lipinski definition) is 1. The number of carboxylic acids is 1. The van der Waals surface area contributed by atoms with E-state index in [9.17, 15) is 9.59 Å². The zero-order valence-corrected chi connectivity index (χ0v) is 11.3. The van der Waals surface area contributed by atoms with Gasteiger partial charge in [0, 0.05) is 11.8 Å². The minimum absolute atomic E-state index is 0.313. The monoisotopic (exact) mass is 288 g/mol. The van der Waals surface area contributed by atoms with Crippen molar-refractivity contribution < 1.29 is 14.7 Å². The number of carbonyl (C=O) groups excluding carboxylic acids is 1. The maximum atomic E-state index is 12.0. The van der Waals surface area contributed by atoms with E-state index >= 15 is 0 Å². The Bertz CT molecular complexity index is 589. The van der Waals surface area contributed by atoms with Gasteiger partial charge in [0.1, 0.15) is 6.04 Å². The molecule has 1 fully saturated rings. The molecule has 102 valence electrons. The van der Waals surface area contributed by atoms with Crippen LogP contribution in [0.5, 0.6) is 0 Å². The van der Waals surface area contributed by atoms with E-state index in [0.29, 0.717) is 17.2 Å². The van der Waals surface area contributed by atoms with Crippen molar-refractivity contribution in [2.75, 3.05) is 11.6 Å². The van der Waals surface area contributed by atoms with Crippen molar-refractivity contribution in [2.45, 2.75) is 6.04 Å². The van der Waals surface area contributed by atoms with E-state index in [-0.39, 0.29) is 5.91 Å². The van der Waals surface area contributed by atoms with Gasteiger partial charge in [-0.05, 0) is 23.8 Å². The molecule has 0 aromatic heterocycles. The summed E-state index contributed by atoms with van der Waals surface area (Å²) in [4.78, 5) is 24.3. The van der Waals surface area contributed by atoms with E-state index < -0.39 is 12.0 Å². The van der Waals surface area contributed by atoms with Gasteiger partial charge in [0.05, 0.1) is 17.5 Å². The van der Waals surface area contributed by atoms with Crippen LogP contribution in [-0.4, -0.2) is 39.6 Å². The van der Waals surface area contributed by atoms with Crippen molar-refractivity contribution in [3.05, 3.63) is 41.5 Å². The van der Waals surface area contributed by atoms with Gasteiger partial charge in [-0.1, -0.05) is 12.1 Å². The van der Waals surface area contributed by atoms with Crippen molar-refractivity contribution >= 4 is 29.7 Å². The Balaban J connectivity index is 2.05. The Morgan fingerprint density at radius 2 is 2.10 bits per heavy atom. The molecule has 5 nitrogen and oxygen atoms in total. The van der Waals surface area contributed by atoms with E-state index in [2.05, 4.69) is 0 Å². The number of amides is 1. The number of aliphatic carboxylic acids is 1. The quantitative estimate of drug-likeness (QED) is 0.854. The van der Waals surface area contributed by atoms with Gasteiger partial charge >= 0.3 is 5.97 Å². The third-order valence-electron chi connectivity index (χ3n) is 2.91. The first-order valence-corrected chi connectivity index (χ1v) is 7.06. The molecule has 1 saturated heterocycles. The van der Waals surface area contributed by atoms with Crippen LogP contribution in [0.25, 0.3) is 6.08 Å². The molecule has 0 spiro atoms. The second kappa shape index (κ2) is 6.26. The van der Waals surface area contributed by atoms with Crippen molar-refractivity contribution in [1.29, 1.82) is 5.26 Å². The molecule has 0 radical (unpaired) electrons. The molecule has 6 heteroatoms. The molecule has 1 atom stereocenters. The van der Waals surface area contributed by atoms with Crippen LogP contribution in [0.1, 0.15) is 11.1 Å². The van der Waals surface area contributed by atoms with Gasteiger partial charge < -0.3 is 10.0 Å². The van der Waals surface area contributed by atoms with E-state index in [0.717, 1.165) is 5.56 Å². The summed E-state index contributed by atoms with van der Waals surface area (Å²) >= 11 is 1.43. The third-order valence-corrected chi connectivity index (χ3v) is 3.92. The summed E-state index contributed by atoms with van der Waals surface area (Å²) in [6.07, 6.45) is 2.98. The van der Waals surface area contributed by atoms with Crippen LogP contribution in [0.4, 0.5) is 0 Å². The molecule has 1 aliphatic heterocycles. The summed E-state index contributed by atoms with van der Waals surface area (Å²) in [5.74, 6) is -0.471. The lowest BCUT2D eigenvalue weighted by atomic mass is 10.1. The van der Waals surface area contributed by atoms with Gasteiger partial charge in [0.15, 0.2) is 0 Å². The molecule has 1 aliphatic rings. The average Bonchev–Trinajstić information content (AvgIpc) is 2.95. The molecule has 0 aliphatic carbocycles. The topological polar surface area (TPSA) is 81.4 Å².